The quantitative estimate of drug-likeness (QED) is 0.216. The number of hydrogen-bond acceptors (Lipinski definition) is 7. The molecule has 11 nitrogen and oxygen atoms in total. The number of carboxylic acids is 2. The molecule has 0 atom stereocenters. The molecule has 0 spiro atoms. The van der Waals surface area contributed by atoms with E-state index in [0.717, 1.165) is 11.1 Å². The molecule has 0 aliphatic rings. The molecular weight excluding hydrogens is 608 g/mol. The van der Waals surface area contributed by atoms with Crippen LogP contribution in [0.3, 0.4) is 0 Å². The summed E-state index contributed by atoms with van der Waals surface area (Å²) in [7, 11) is -8.86. The van der Waals surface area contributed by atoms with Crippen LogP contribution in [0.1, 0.15) is 16.7 Å². The Morgan fingerprint density at radius 2 is 1.14 bits per heavy atom. The minimum Gasteiger partial charge on any atom is -0.487 e. The average Bonchev–Trinajstić information content (AvgIpc) is 2.98. The Hall–Kier alpha value is -4.88. The largest absolute Gasteiger partial charge is 0.487 e. The minimum atomic E-state index is -4.45. The SMILES string of the molecule is Cc1ccc(S(=O)(=O)N(CC(=O)O)c2ccc(N(CC(=O)O)S(=O)(=O)c3ccc(C)cc3)c(OCc3ccccc3)c2)cc1. The number of ether oxygens (including phenoxy) is 1. The second kappa shape index (κ2) is 13.2. The fourth-order valence-corrected chi connectivity index (χ4v) is 7.08. The van der Waals surface area contributed by atoms with Crippen LogP contribution in [0.15, 0.2) is 107 Å². The Balaban J connectivity index is 1.89. The summed E-state index contributed by atoms with van der Waals surface area (Å²) in [5.41, 5.74) is 1.95. The zero-order valence-electron chi connectivity index (χ0n) is 23.8. The Labute approximate surface area is 255 Å². The first-order valence-corrected chi connectivity index (χ1v) is 16.1. The summed E-state index contributed by atoms with van der Waals surface area (Å²) in [6.07, 6.45) is 0. The fourth-order valence-electron chi connectivity index (χ4n) is 4.25. The van der Waals surface area contributed by atoms with Crippen molar-refractivity contribution >= 4 is 43.4 Å². The van der Waals surface area contributed by atoms with Gasteiger partial charge in [0.05, 0.1) is 21.2 Å². The maximum Gasteiger partial charge on any atom is 0.324 e. The highest BCUT2D eigenvalue weighted by Gasteiger charge is 2.32. The van der Waals surface area contributed by atoms with E-state index in [9.17, 15) is 36.6 Å². The number of aliphatic carboxylic acids is 2. The van der Waals surface area contributed by atoms with Crippen molar-refractivity contribution in [2.24, 2.45) is 0 Å². The van der Waals surface area contributed by atoms with Crippen LogP contribution in [0.25, 0.3) is 0 Å². The van der Waals surface area contributed by atoms with E-state index in [1.54, 1.807) is 68.4 Å². The molecule has 44 heavy (non-hydrogen) atoms. The predicted molar refractivity (Wildman–Crippen MR) is 164 cm³/mol. The van der Waals surface area contributed by atoms with Crippen molar-refractivity contribution in [1.82, 2.24) is 0 Å². The molecule has 2 N–H and O–H groups in total. The number of carbonyl (C=O) groups is 2. The third-order valence-corrected chi connectivity index (χ3v) is 10.1. The lowest BCUT2D eigenvalue weighted by Gasteiger charge is -2.28. The average molecular weight is 639 g/mol. The number of anilines is 2. The first kappa shape index (κ1) is 32.0. The summed E-state index contributed by atoms with van der Waals surface area (Å²) < 4.78 is 62.1. The van der Waals surface area contributed by atoms with Crippen molar-refractivity contribution in [3.05, 3.63) is 114 Å². The lowest BCUT2D eigenvalue weighted by Crippen LogP contribution is -2.37. The number of sulfonamides is 2. The van der Waals surface area contributed by atoms with Gasteiger partial charge in [-0.1, -0.05) is 65.7 Å². The van der Waals surface area contributed by atoms with Gasteiger partial charge >= 0.3 is 11.9 Å². The van der Waals surface area contributed by atoms with E-state index in [1.165, 1.54) is 42.5 Å². The summed E-state index contributed by atoms with van der Waals surface area (Å²) in [5, 5.41) is 19.3. The maximum absolute atomic E-state index is 13.8. The summed E-state index contributed by atoms with van der Waals surface area (Å²) in [5.74, 6) is -3.07. The van der Waals surface area contributed by atoms with Gasteiger partial charge in [0.15, 0.2) is 0 Å². The molecular formula is C31H30N2O9S2. The summed E-state index contributed by atoms with van der Waals surface area (Å²) in [6, 6.07) is 24.1. The van der Waals surface area contributed by atoms with Gasteiger partial charge in [-0.25, -0.2) is 16.8 Å². The number of rotatable bonds is 13. The molecule has 0 bridgehead atoms. The first-order chi connectivity index (χ1) is 20.8. The molecule has 0 aromatic heterocycles. The predicted octanol–water partition coefficient (Wildman–Crippen LogP) is 4.44. The van der Waals surface area contributed by atoms with Gasteiger partial charge in [-0.15, -0.1) is 0 Å². The first-order valence-electron chi connectivity index (χ1n) is 13.2. The minimum absolute atomic E-state index is 0.0908. The van der Waals surface area contributed by atoms with Crippen molar-refractivity contribution in [1.29, 1.82) is 0 Å². The Morgan fingerprint density at radius 3 is 1.64 bits per heavy atom. The zero-order valence-corrected chi connectivity index (χ0v) is 25.5. The van der Waals surface area contributed by atoms with Crippen LogP contribution in [0.5, 0.6) is 5.75 Å². The van der Waals surface area contributed by atoms with Gasteiger partial charge < -0.3 is 14.9 Å². The van der Waals surface area contributed by atoms with Crippen LogP contribution < -0.4 is 13.3 Å². The van der Waals surface area contributed by atoms with Crippen molar-refractivity contribution in [2.45, 2.75) is 30.2 Å². The highest BCUT2D eigenvalue weighted by molar-refractivity contribution is 7.93. The Morgan fingerprint density at radius 1 is 0.659 bits per heavy atom. The third kappa shape index (κ3) is 7.36. The molecule has 230 valence electrons. The van der Waals surface area contributed by atoms with E-state index in [4.69, 9.17) is 4.74 Å². The van der Waals surface area contributed by atoms with Crippen molar-refractivity contribution in [3.63, 3.8) is 0 Å². The smallest absolute Gasteiger partial charge is 0.324 e. The highest BCUT2D eigenvalue weighted by Crippen LogP contribution is 2.38. The van der Waals surface area contributed by atoms with E-state index in [0.29, 0.717) is 14.2 Å². The van der Waals surface area contributed by atoms with E-state index in [2.05, 4.69) is 0 Å². The monoisotopic (exact) mass is 638 g/mol. The lowest BCUT2D eigenvalue weighted by atomic mass is 10.2. The molecule has 0 aliphatic carbocycles. The second-order valence-electron chi connectivity index (χ2n) is 9.86. The molecule has 0 saturated heterocycles. The van der Waals surface area contributed by atoms with E-state index in [1.807, 2.05) is 0 Å². The molecule has 0 heterocycles. The van der Waals surface area contributed by atoms with Gasteiger partial charge in [0, 0.05) is 6.07 Å². The molecule has 13 heteroatoms. The molecule has 4 aromatic carbocycles. The van der Waals surface area contributed by atoms with Gasteiger partial charge in [-0.3, -0.25) is 18.2 Å². The van der Waals surface area contributed by atoms with E-state index < -0.39 is 45.1 Å². The summed E-state index contributed by atoms with van der Waals surface area (Å²) in [6.45, 7) is 1.53. The van der Waals surface area contributed by atoms with E-state index in [-0.39, 0.29) is 33.5 Å². The van der Waals surface area contributed by atoms with Crippen molar-refractivity contribution in [2.75, 3.05) is 21.7 Å². The van der Waals surface area contributed by atoms with Gasteiger partial charge in [-0.2, -0.15) is 0 Å². The van der Waals surface area contributed by atoms with Crippen LogP contribution in [0, 0.1) is 13.8 Å². The van der Waals surface area contributed by atoms with Crippen LogP contribution in [0.4, 0.5) is 11.4 Å². The van der Waals surface area contributed by atoms with Crippen LogP contribution in [-0.2, 0) is 36.2 Å². The van der Waals surface area contributed by atoms with Crippen molar-refractivity contribution < 1.29 is 41.4 Å². The van der Waals surface area contributed by atoms with Gasteiger partial charge in [0.2, 0.25) is 0 Å². The number of benzene rings is 4. The summed E-state index contributed by atoms with van der Waals surface area (Å²) >= 11 is 0. The molecule has 0 aliphatic heterocycles. The number of carboxylic acid groups (broad SMARTS) is 2. The molecule has 0 fully saturated rings. The van der Waals surface area contributed by atoms with Crippen molar-refractivity contribution in [3.8, 4) is 5.75 Å². The zero-order chi connectivity index (χ0) is 32.1. The van der Waals surface area contributed by atoms with Gasteiger partial charge in [0.25, 0.3) is 20.0 Å². The Bertz CT molecular complexity index is 1860. The van der Waals surface area contributed by atoms with Gasteiger partial charge in [-0.05, 0) is 55.8 Å². The normalized spacial score (nSPS) is 11.5. The molecule has 0 saturated carbocycles. The van der Waals surface area contributed by atoms with Crippen LogP contribution >= 0.6 is 0 Å². The van der Waals surface area contributed by atoms with E-state index >= 15 is 0 Å². The van der Waals surface area contributed by atoms with Crippen LogP contribution in [-0.4, -0.2) is 52.1 Å². The Kier molecular flexibility index (Phi) is 9.60. The molecule has 0 amide bonds. The number of hydrogen-bond donors (Lipinski definition) is 2. The topological polar surface area (TPSA) is 159 Å². The molecule has 4 aromatic rings. The number of nitrogens with zero attached hydrogens (tertiary/aromatic N) is 2. The molecule has 0 radical (unpaired) electrons. The lowest BCUT2D eigenvalue weighted by molar-refractivity contribution is -0.136. The molecule has 4 rings (SSSR count). The van der Waals surface area contributed by atoms with Crippen LogP contribution in [0.2, 0.25) is 0 Å². The molecule has 0 unspecified atom stereocenters. The fraction of sp³-hybridized carbons (Fsp3) is 0.161. The van der Waals surface area contributed by atoms with Gasteiger partial charge in [0.1, 0.15) is 25.4 Å². The highest BCUT2D eigenvalue weighted by atomic mass is 32.2. The third-order valence-electron chi connectivity index (χ3n) is 6.51. The maximum atomic E-state index is 13.8. The standard InChI is InChI=1S/C31H30N2O9S2/c1-22-8-13-26(14-9-22)43(38,39)32(19-30(34)35)25-12-17-28(29(18-25)42-21-24-6-4-3-5-7-24)33(20-31(36)37)44(40,41)27-15-10-23(2)11-16-27/h3-18H,19-21H2,1-2H3,(H,34,35)(H,36,37). The summed E-state index contributed by atoms with van der Waals surface area (Å²) in [4.78, 5) is 23.4. The second-order valence-corrected chi connectivity index (χ2v) is 13.6. The number of aryl methyl sites for hydroxylation is 2.